The fourth-order valence-electron chi connectivity index (χ4n) is 2.59. The Labute approximate surface area is 123 Å². The molecule has 0 saturated carbocycles. The minimum Gasteiger partial charge on any atom is -0.497 e. The molecule has 1 aromatic carbocycles. The van der Waals surface area contributed by atoms with Crippen LogP contribution >= 0.6 is 0 Å². The van der Waals surface area contributed by atoms with E-state index < -0.39 is 0 Å². The van der Waals surface area contributed by atoms with Crippen LogP contribution in [-0.2, 0) is 0 Å². The summed E-state index contributed by atoms with van der Waals surface area (Å²) in [5.74, 6) is 2.96. The topological polar surface area (TPSA) is 73.2 Å². The van der Waals surface area contributed by atoms with Crippen LogP contribution in [0.2, 0.25) is 0 Å². The van der Waals surface area contributed by atoms with Gasteiger partial charge in [0.05, 0.1) is 20.3 Å². The van der Waals surface area contributed by atoms with Crippen molar-refractivity contribution in [1.82, 2.24) is 14.8 Å². The van der Waals surface area contributed by atoms with Gasteiger partial charge in [0.2, 0.25) is 11.9 Å². The number of aromatic nitrogens is 3. The Hall–Kier alpha value is -2.44. The maximum absolute atomic E-state index is 5.51. The van der Waals surface area contributed by atoms with Crippen molar-refractivity contribution in [2.75, 3.05) is 38.4 Å². The zero-order valence-electron chi connectivity index (χ0n) is 12.4. The number of ether oxygens (including phenoxy) is 2. The smallest absolute Gasteiger partial charge is 0.243 e. The van der Waals surface area contributed by atoms with Gasteiger partial charge in [0.1, 0.15) is 11.5 Å². The Kier molecular flexibility index (Phi) is 3.55. The summed E-state index contributed by atoms with van der Waals surface area (Å²) in [6.07, 6.45) is 0.919. The zero-order chi connectivity index (χ0) is 14.8. The monoisotopic (exact) mass is 289 g/mol. The molecule has 7 heteroatoms. The maximum Gasteiger partial charge on any atom is 0.243 e. The third-order valence-electron chi connectivity index (χ3n) is 3.65. The molecular formula is C14H19N5O2. The van der Waals surface area contributed by atoms with Gasteiger partial charge >= 0.3 is 0 Å². The second-order valence-electron chi connectivity index (χ2n) is 4.79. The first kappa shape index (κ1) is 13.5. The molecule has 0 bridgehead atoms. The third kappa shape index (κ3) is 2.35. The fraction of sp³-hybridized carbons (Fsp3) is 0.429. The van der Waals surface area contributed by atoms with Crippen LogP contribution in [0.15, 0.2) is 18.2 Å². The first-order valence-electron chi connectivity index (χ1n) is 6.87. The average molecular weight is 289 g/mol. The molecule has 2 aromatic rings. The molecule has 1 atom stereocenters. The van der Waals surface area contributed by atoms with E-state index in [2.05, 4.69) is 20.7 Å². The van der Waals surface area contributed by atoms with Crippen molar-refractivity contribution in [3.8, 4) is 11.5 Å². The highest BCUT2D eigenvalue weighted by Gasteiger charge is 2.26. The standard InChI is InChI=1S/C14H19N5O2/c1-15-13-17-14-16-7-6-11(19(14)18-13)10-5-4-9(20-2)8-12(10)21-3/h4-5,8,11H,6-7H2,1-3H3,(H2,15,16,17,18). The minimum atomic E-state index is 0.0942. The molecule has 1 aliphatic rings. The molecule has 1 unspecified atom stereocenters. The average Bonchev–Trinajstić information content (AvgIpc) is 2.97. The first-order chi connectivity index (χ1) is 10.3. The number of benzene rings is 1. The SMILES string of the molecule is CNc1nc2n(n1)C(c1ccc(OC)cc1OC)CCN2. The van der Waals surface area contributed by atoms with E-state index in [1.54, 1.807) is 14.2 Å². The van der Waals surface area contributed by atoms with Crippen molar-refractivity contribution in [3.05, 3.63) is 23.8 Å². The first-order valence-corrected chi connectivity index (χ1v) is 6.87. The van der Waals surface area contributed by atoms with Gasteiger partial charge in [-0.05, 0) is 18.6 Å². The van der Waals surface area contributed by atoms with Gasteiger partial charge in [-0.15, -0.1) is 5.10 Å². The van der Waals surface area contributed by atoms with Crippen LogP contribution in [0.4, 0.5) is 11.9 Å². The Morgan fingerprint density at radius 3 is 2.90 bits per heavy atom. The van der Waals surface area contributed by atoms with Crippen LogP contribution in [0.3, 0.4) is 0 Å². The van der Waals surface area contributed by atoms with Crippen molar-refractivity contribution in [2.24, 2.45) is 0 Å². The molecule has 0 aliphatic carbocycles. The highest BCUT2D eigenvalue weighted by Crippen LogP contribution is 2.36. The van der Waals surface area contributed by atoms with Crippen LogP contribution in [0.1, 0.15) is 18.0 Å². The highest BCUT2D eigenvalue weighted by molar-refractivity contribution is 5.46. The molecule has 21 heavy (non-hydrogen) atoms. The summed E-state index contributed by atoms with van der Waals surface area (Å²) in [5.41, 5.74) is 1.08. The second kappa shape index (κ2) is 5.51. The van der Waals surface area contributed by atoms with Gasteiger partial charge in [0, 0.05) is 25.2 Å². The number of rotatable bonds is 4. The Morgan fingerprint density at radius 1 is 1.33 bits per heavy atom. The molecule has 0 amide bonds. The molecule has 0 spiro atoms. The van der Waals surface area contributed by atoms with Gasteiger partial charge in [0.15, 0.2) is 0 Å². The van der Waals surface area contributed by atoms with Gasteiger partial charge in [-0.3, -0.25) is 0 Å². The molecule has 112 valence electrons. The Bertz CT molecular complexity index is 640. The number of hydrogen-bond donors (Lipinski definition) is 2. The van der Waals surface area contributed by atoms with E-state index in [1.807, 2.05) is 29.9 Å². The number of anilines is 2. The normalized spacial score (nSPS) is 16.8. The van der Waals surface area contributed by atoms with Gasteiger partial charge in [-0.2, -0.15) is 4.98 Å². The van der Waals surface area contributed by atoms with E-state index in [9.17, 15) is 0 Å². The summed E-state index contributed by atoms with van der Waals surface area (Å²) in [6.45, 7) is 0.849. The highest BCUT2D eigenvalue weighted by atomic mass is 16.5. The number of nitrogens with zero attached hydrogens (tertiary/aromatic N) is 3. The largest absolute Gasteiger partial charge is 0.497 e. The van der Waals surface area contributed by atoms with E-state index in [0.29, 0.717) is 5.95 Å². The molecule has 3 rings (SSSR count). The predicted octanol–water partition coefficient (Wildman–Crippen LogP) is 1.74. The van der Waals surface area contributed by atoms with Crippen LogP contribution < -0.4 is 20.1 Å². The summed E-state index contributed by atoms with van der Waals surface area (Å²) in [6, 6.07) is 5.96. The second-order valence-corrected chi connectivity index (χ2v) is 4.79. The van der Waals surface area contributed by atoms with E-state index in [0.717, 1.165) is 36.0 Å². The summed E-state index contributed by atoms with van der Waals surface area (Å²) < 4.78 is 12.7. The number of nitrogens with one attached hydrogen (secondary N) is 2. The lowest BCUT2D eigenvalue weighted by atomic mass is 10.0. The van der Waals surface area contributed by atoms with Crippen molar-refractivity contribution in [1.29, 1.82) is 0 Å². The van der Waals surface area contributed by atoms with E-state index >= 15 is 0 Å². The molecule has 1 aromatic heterocycles. The summed E-state index contributed by atoms with van der Waals surface area (Å²) >= 11 is 0. The summed E-state index contributed by atoms with van der Waals surface area (Å²) in [4.78, 5) is 4.40. The Balaban J connectivity index is 2.04. The predicted molar refractivity (Wildman–Crippen MR) is 80.4 cm³/mol. The summed E-state index contributed by atoms with van der Waals surface area (Å²) in [7, 11) is 5.12. The molecule has 0 fully saturated rings. The van der Waals surface area contributed by atoms with E-state index in [4.69, 9.17) is 9.47 Å². The van der Waals surface area contributed by atoms with Crippen molar-refractivity contribution < 1.29 is 9.47 Å². The van der Waals surface area contributed by atoms with E-state index in [1.165, 1.54) is 0 Å². The van der Waals surface area contributed by atoms with Gasteiger partial charge in [0.25, 0.3) is 0 Å². The lowest BCUT2D eigenvalue weighted by Crippen LogP contribution is -2.25. The summed E-state index contributed by atoms with van der Waals surface area (Å²) in [5, 5.41) is 10.7. The molecule has 2 heterocycles. The van der Waals surface area contributed by atoms with Crippen molar-refractivity contribution in [2.45, 2.75) is 12.5 Å². The quantitative estimate of drug-likeness (QED) is 0.893. The maximum atomic E-state index is 5.51. The molecule has 1 aliphatic heterocycles. The van der Waals surface area contributed by atoms with Crippen LogP contribution in [0.5, 0.6) is 11.5 Å². The van der Waals surface area contributed by atoms with Gasteiger partial charge in [-0.1, -0.05) is 0 Å². The van der Waals surface area contributed by atoms with Crippen LogP contribution in [-0.4, -0.2) is 42.6 Å². The Morgan fingerprint density at radius 2 is 2.19 bits per heavy atom. The van der Waals surface area contributed by atoms with Gasteiger partial charge in [-0.25, -0.2) is 4.68 Å². The molecule has 0 saturated heterocycles. The molecular weight excluding hydrogens is 270 g/mol. The minimum absolute atomic E-state index is 0.0942. The number of methoxy groups -OCH3 is 2. The third-order valence-corrected chi connectivity index (χ3v) is 3.65. The molecule has 2 N–H and O–H groups in total. The fourth-order valence-corrected chi connectivity index (χ4v) is 2.59. The molecule has 0 radical (unpaired) electrons. The van der Waals surface area contributed by atoms with E-state index in [-0.39, 0.29) is 6.04 Å². The molecule has 7 nitrogen and oxygen atoms in total. The number of hydrogen-bond acceptors (Lipinski definition) is 6. The van der Waals surface area contributed by atoms with Crippen molar-refractivity contribution >= 4 is 11.9 Å². The van der Waals surface area contributed by atoms with Crippen LogP contribution in [0, 0.1) is 0 Å². The zero-order valence-corrected chi connectivity index (χ0v) is 12.4. The van der Waals surface area contributed by atoms with Crippen LogP contribution in [0.25, 0.3) is 0 Å². The lowest BCUT2D eigenvalue weighted by molar-refractivity contribution is 0.379. The number of fused-ring (bicyclic) bond motifs is 1. The van der Waals surface area contributed by atoms with Crippen molar-refractivity contribution in [3.63, 3.8) is 0 Å². The van der Waals surface area contributed by atoms with Gasteiger partial charge < -0.3 is 20.1 Å². The lowest BCUT2D eigenvalue weighted by Gasteiger charge is -2.26.